The Bertz CT molecular complexity index is 1440. The first-order valence-electron chi connectivity index (χ1n) is 12.9. The van der Waals surface area contributed by atoms with E-state index in [9.17, 15) is 13.2 Å². The summed E-state index contributed by atoms with van der Waals surface area (Å²) in [5.74, 6) is 0.987. The number of sulfonamides is 1. The fourth-order valence-electron chi connectivity index (χ4n) is 4.64. The van der Waals surface area contributed by atoms with E-state index in [-0.39, 0.29) is 23.1 Å². The Morgan fingerprint density at radius 3 is 2.23 bits per heavy atom. The molecule has 0 aromatic heterocycles. The van der Waals surface area contributed by atoms with E-state index in [1.54, 1.807) is 29.2 Å². The molecule has 0 atom stereocenters. The number of ether oxygens (including phenoxy) is 3. The molecule has 1 aliphatic rings. The highest BCUT2D eigenvalue weighted by molar-refractivity contribution is 7.92. The van der Waals surface area contributed by atoms with Gasteiger partial charge in [0.05, 0.1) is 31.4 Å². The van der Waals surface area contributed by atoms with Crippen molar-refractivity contribution in [2.45, 2.75) is 18.7 Å². The molecule has 0 radical (unpaired) electrons. The van der Waals surface area contributed by atoms with Crippen LogP contribution in [0, 0.1) is 6.92 Å². The van der Waals surface area contributed by atoms with Gasteiger partial charge < -0.3 is 24.0 Å². The predicted octanol–water partition coefficient (Wildman–Crippen LogP) is 4.61. The zero-order valence-electron chi connectivity index (χ0n) is 23.1. The SMILES string of the molecule is CCOc1ccc(N(CC(=O)N2CCN(c3cc(Cl)ccc3C)CC2)S(=O)(=O)c2ccc(OC)c(OC)c2)cc1. The number of rotatable bonds is 10. The Kier molecular flexibility index (Phi) is 9.32. The molecule has 0 saturated carbocycles. The van der Waals surface area contributed by atoms with Crippen LogP contribution in [0.1, 0.15) is 12.5 Å². The van der Waals surface area contributed by atoms with Gasteiger partial charge in [0, 0.05) is 43.0 Å². The van der Waals surface area contributed by atoms with E-state index >= 15 is 0 Å². The number of nitrogens with zero attached hydrogens (tertiary/aromatic N) is 3. The molecule has 0 spiro atoms. The van der Waals surface area contributed by atoms with E-state index in [0.717, 1.165) is 15.6 Å². The van der Waals surface area contributed by atoms with Crippen LogP contribution >= 0.6 is 11.6 Å². The number of halogens is 1. The first-order valence-corrected chi connectivity index (χ1v) is 14.8. The van der Waals surface area contributed by atoms with E-state index in [4.69, 9.17) is 25.8 Å². The smallest absolute Gasteiger partial charge is 0.264 e. The highest BCUT2D eigenvalue weighted by Crippen LogP contribution is 2.33. The topological polar surface area (TPSA) is 88.6 Å². The molecule has 3 aromatic carbocycles. The van der Waals surface area contributed by atoms with Crippen LogP contribution in [0.25, 0.3) is 0 Å². The molecule has 0 unspecified atom stereocenters. The highest BCUT2D eigenvalue weighted by Gasteiger charge is 2.31. The molecule has 40 heavy (non-hydrogen) atoms. The number of benzene rings is 3. The minimum absolute atomic E-state index is 0.0203. The number of carbonyl (C=O) groups is 1. The summed E-state index contributed by atoms with van der Waals surface area (Å²) in [7, 11) is -1.24. The van der Waals surface area contributed by atoms with Crippen molar-refractivity contribution in [1.29, 1.82) is 0 Å². The molecule has 4 rings (SSSR count). The number of aryl methyl sites for hydroxylation is 1. The lowest BCUT2D eigenvalue weighted by Crippen LogP contribution is -2.52. The Morgan fingerprint density at radius 1 is 0.925 bits per heavy atom. The largest absolute Gasteiger partial charge is 0.494 e. The molecule has 0 N–H and O–H groups in total. The normalized spacial score (nSPS) is 13.6. The molecule has 1 fully saturated rings. The van der Waals surface area contributed by atoms with E-state index in [2.05, 4.69) is 4.90 Å². The van der Waals surface area contributed by atoms with E-state index in [1.165, 1.54) is 32.4 Å². The molecule has 11 heteroatoms. The van der Waals surface area contributed by atoms with Crippen molar-refractivity contribution in [3.05, 3.63) is 71.2 Å². The van der Waals surface area contributed by atoms with Crippen LogP contribution < -0.4 is 23.4 Å². The average molecular weight is 588 g/mol. The maximum Gasteiger partial charge on any atom is 0.264 e. The minimum atomic E-state index is -4.15. The molecule has 1 heterocycles. The van der Waals surface area contributed by atoms with Crippen LogP contribution in [0.2, 0.25) is 5.02 Å². The molecule has 1 amide bonds. The van der Waals surface area contributed by atoms with Crippen LogP contribution in [0.4, 0.5) is 11.4 Å². The third kappa shape index (κ3) is 6.39. The van der Waals surface area contributed by atoms with Crippen LogP contribution in [-0.4, -0.2) is 72.8 Å². The maximum absolute atomic E-state index is 13.9. The number of amides is 1. The van der Waals surface area contributed by atoms with Gasteiger partial charge in [0.25, 0.3) is 10.0 Å². The van der Waals surface area contributed by atoms with Gasteiger partial charge in [0.2, 0.25) is 5.91 Å². The summed E-state index contributed by atoms with van der Waals surface area (Å²) in [4.78, 5) is 17.4. The molecular weight excluding hydrogens is 554 g/mol. The lowest BCUT2D eigenvalue weighted by Gasteiger charge is -2.37. The Hall–Kier alpha value is -3.63. The molecular formula is C29H34ClN3O6S. The number of anilines is 2. The first-order chi connectivity index (χ1) is 19.2. The number of carbonyl (C=O) groups excluding carboxylic acids is 1. The third-order valence-corrected chi connectivity index (χ3v) is 8.81. The quantitative estimate of drug-likeness (QED) is 0.342. The summed E-state index contributed by atoms with van der Waals surface area (Å²) in [6.45, 7) is 6.14. The fraction of sp³-hybridized carbons (Fsp3) is 0.345. The molecule has 0 bridgehead atoms. The predicted molar refractivity (Wildman–Crippen MR) is 157 cm³/mol. The van der Waals surface area contributed by atoms with Crippen LogP contribution in [-0.2, 0) is 14.8 Å². The Labute approximate surface area is 240 Å². The highest BCUT2D eigenvalue weighted by atomic mass is 35.5. The molecule has 0 aliphatic carbocycles. The van der Waals surface area contributed by atoms with Crippen molar-refractivity contribution in [3.8, 4) is 17.2 Å². The second-order valence-electron chi connectivity index (χ2n) is 9.25. The number of hydrogen-bond donors (Lipinski definition) is 0. The third-order valence-electron chi connectivity index (χ3n) is 6.80. The van der Waals surface area contributed by atoms with Crippen molar-refractivity contribution >= 4 is 38.9 Å². The summed E-state index contributed by atoms with van der Waals surface area (Å²) in [6, 6.07) is 16.8. The molecule has 9 nitrogen and oxygen atoms in total. The fourth-order valence-corrected chi connectivity index (χ4v) is 6.23. The lowest BCUT2D eigenvalue weighted by molar-refractivity contribution is -0.129. The van der Waals surface area contributed by atoms with Crippen molar-refractivity contribution in [2.24, 2.45) is 0 Å². The Balaban J connectivity index is 1.59. The molecule has 1 aliphatic heterocycles. The van der Waals surface area contributed by atoms with Crippen molar-refractivity contribution in [1.82, 2.24) is 4.90 Å². The average Bonchev–Trinajstić information content (AvgIpc) is 2.97. The lowest BCUT2D eigenvalue weighted by atomic mass is 10.1. The van der Waals surface area contributed by atoms with Gasteiger partial charge in [-0.25, -0.2) is 8.42 Å². The summed E-state index contributed by atoms with van der Waals surface area (Å²) in [5.41, 5.74) is 2.48. The van der Waals surface area contributed by atoms with Gasteiger partial charge in [-0.15, -0.1) is 0 Å². The van der Waals surface area contributed by atoms with Crippen molar-refractivity contribution in [2.75, 3.05) is 62.8 Å². The summed E-state index contributed by atoms with van der Waals surface area (Å²) >= 11 is 6.21. The number of piperazine rings is 1. The number of methoxy groups -OCH3 is 2. The van der Waals surface area contributed by atoms with Gasteiger partial charge in [-0.3, -0.25) is 9.10 Å². The second-order valence-corrected chi connectivity index (χ2v) is 11.6. The van der Waals surface area contributed by atoms with Gasteiger partial charge in [-0.2, -0.15) is 0 Å². The zero-order chi connectivity index (χ0) is 28.9. The summed E-state index contributed by atoms with van der Waals surface area (Å²) in [5, 5.41) is 0.658. The molecule has 214 valence electrons. The van der Waals surface area contributed by atoms with Gasteiger partial charge in [-0.1, -0.05) is 17.7 Å². The van der Waals surface area contributed by atoms with E-state index in [1.807, 2.05) is 32.0 Å². The minimum Gasteiger partial charge on any atom is -0.494 e. The Morgan fingerprint density at radius 2 is 1.60 bits per heavy atom. The number of hydrogen-bond acceptors (Lipinski definition) is 7. The van der Waals surface area contributed by atoms with Crippen molar-refractivity contribution < 1.29 is 27.4 Å². The monoisotopic (exact) mass is 587 g/mol. The molecule has 1 saturated heterocycles. The molecule has 3 aromatic rings. The summed E-state index contributed by atoms with van der Waals surface area (Å²) < 4.78 is 45.1. The zero-order valence-corrected chi connectivity index (χ0v) is 24.7. The van der Waals surface area contributed by atoms with Gasteiger partial charge in [-0.05, 0) is 67.9 Å². The van der Waals surface area contributed by atoms with Crippen LogP contribution in [0.3, 0.4) is 0 Å². The first kappa shape index (κ1) is 29.4. The summed E-state index contributed by atoms with van der Waals surface area (Å²) in [6.07, 6.45) is 0. The van der Waals surface area contributed by atoms with E-state index in [0.29, 0.717) is 55.0 Å². The van der Waals surface area contributed by atoms with Gasteiger partial charge in [0.1, 0.15) is 12.3 Å². The van der Waals surface area contributed by atoms with E-state index < -0.39 is 10.0 Å². The van der Waals surface area contributed by atoms with Crippen LogP contribution in [0.5, 0.6) is 17.2 Å². The van der Waals surface area contributed by atoms with Crippen LogP contribution in [0.15, 0.2) is 65.6 Å². The van der Waals surface area contributed by atoms with Crippen molar-refractivity contribution in [3.63, 3.8) is 0 Å². The standard InChI is InChI=1S/C29H34ClN3O6S/c1-5-39-24-10-8-23(9-11-24)33(40(35,36)25-12-13-27(37-3)28(19-25)38-4)20-29(34)32-16-14-31(15-17-32)26-18-22(30)7-6-21(26)2/h6-13,18-19H,5,14-17,20H2,1-4H3. The second kappa shape index (κ2) is 12.7. The van der Waals surface area contributed by atoms with Gasteiger partial charge >= 0.3 is 0 Å². The maximum atomic E-state index is 13.9. The van der Waals surface area contributed by atoms with Gasteiger partial charge in [0.15, 0.2) is 11.5 Å².